The molecule has 21 heavy (non-hydrogen) atoms. The molecule has 0 bridgehead atoms. The second-order valence-corrected chi connectivity index (χ2v) is 9.11. The highest BCUT2D eigenvalue weighted by atomic mass is 32.1. The van der Waals surface area contributed by atoms with Gasteiger partial charge in [-0.15, -0.1) is 11.3 Å². The van der Waals surface area contributed by atoms with Gasteiger partial charge in [0, 0.05) is 11.4 Å². The van der Waals surface area contributed by atoms with Gasteiger partial charge in [0.15, 0.2) is 0 Å². The third-order valence-electron chi connectivity index (χ3n) is 5.33. The molecule has 1 fully saturated rings. The number of rotatable bonds is 6. The van der Waals surface area contributed by atoms with Crippen molar-refractivity contribution in [1.29, 1.82) is 0 Å². The monoisotopic (exact) mass is 307 g/mol. The molecule has 0 radical (unpaired) electrons. The minimum Gasteiger partial charge on any atom is -0.316 e. The van der Waals surface area contributed by atoms with Gasteiger partial charge < -0.3 is 5.32 Å². The Morgan fingerprint density at radius 2 is 2.00 bits per heavy atom. The number of nitrogens with one attached hydrogen (secondary N) is 1. The molecule has 1 aromatic heterocycles. The first-order valence-corrected chi connectivity index (χ1v) is 9.56. The molecule has 1 N–H and O–H groups in total. The van der Waals surface area contributed by atoms with Crippen LogP contribution >= 0.6 is 11.3 Å². The topological polar surface area (TPSA) is 12.0 Å². The molecule has 0 amide bonds. The predicted octanol–water partition coefficient (Wildman–Crippen LogP) is 5.51. The van der Waals surface area contributed by atoms with Crippen molar-refractivity contribution in [2.45, 2.75) is 66.2 Å². The van der Waals surface area contributed by atoms with E-state index in [1.165, 1.54) is 45.1 Å². The molecule has 2 heteroatoms. The fourth-order valence-electron chi connectivity index (χ4n) is 3.83. The molecule has 0 aliphatic heterocycles. The zero-order valence-corrected chi connectivity index (χ0v) is 15.2. The van der Waals surface area contributed by atoms with E-state index in [0.29, 0.717) is 10.8 Å². The third-order valence-corrected chi connectivity index (χ3v) is 6.20. The first kappa shape index (κ1) is 17.0. The molecule has 1 heterocycles. The Hall–Kier alpha value is -0.340. The molecule has 1 aliphatic rings. The minimum atomic E-state index is 0.478. The van der Waals surface area contributed by atoms with E-state index in [1.807, 2.05) is 11.3 Å². The Kier molecular flexibility index (Phi) is 5.90. The van der Waals surface area contributed by atoms with Crippen LogP contribution < -0.4 is 5.32 Å². The summed E-state index contributed by atoms with van der Waals surface area (Å²) < 4.78 is 0. The van der Waals surface area contributed by atoms with Crippen LogP contribution in [0.5, 0.6) is 0 Å². The lowest BCUT2D eigenvalue weighted by Crippen LogP contribution is -2.41. The molecule has 0 atom stereocenters. The summed E-state index contributed by atoms with van der Waals surface area (Å²) in [5.74, 6) is 0.903. The van der Waals surface area contributed by atoms with Crippen LogP contribution in [-0.2, 0) is 6.42 Å². The Balaban J connectivity index is 2.00. The Morgan fingerprint density at radius 3 is 2.52 bits per heavy atom. The van der Waals surface area contributed by atoms with Crippen molar-refractivity contribution in [2.75, 3.05) is 13.1 Å². The SMILES string of the molecule is CCCNCC1(Cc2cccs2)CCC(C(C)(C)C)CC1. The molecule has 2 rings (SSSR count). The molecule has 0 saturated heterocycles. The lowest BCUT2D eigenvalue weighted by atomic mass is 9.63. The van der Waals surface area contributed by atoms with E-state index in [4.69, 9.17) is 0 Å². The van der Waals surface area contributed by atoms with Crippen molar-refractivity contribution >= 4 is 11.3 Å². The van der Waals surface area contributed by atoms with Crippen molar-refractivity contribution < 1.29 is 0 Å². The van der Waals surface area contributed by atoms with E-state index < -0.39 is 0 Å². The van der Waals surface area contributed by atoms with E-state index in [2.05, 4.69) is 50.5 Å². The van der Waals surface area contributed by atoms with Crippen LogP contribution in [0.15, 0.2) is 17.5 Å². The van der Waals surface area contributed by atoms with Crippen LogP contribution in [0.4, 0.5) is 0 Å². The van der Waals surface area contributed by atoms with E-state index in [-0.39, 0.29) is 0 Å². The second-order valence-electron chi connectivity index (χ2n) is 8.07. The molecular formula is C19H33NS. The summed E-state index contributed by atoms with van der Waals surface area (Å²) in [6.45, 7) is 11.9. The third kappa shape index (κ3) is 4.82. The lowest BCUT2D eigenvalue weighted by Gasteiger charge is -2.44. The largest absolute Gasteiger partial charge is 0.316 e. The van der Waals surface area contributed by atoms with Crippen LogP contribution in [0, 0.1) is 16.7 Å². The fraction of sp³-hybridized carbons (Fsp3) is 0.789. The summed E-state index contributed by atoms with van der Waals surface area (Å²) in [4.78, 5) is 1.57. The van der Waals surface area contributed by atoms with Gasteiger partial charge in [0.25, 0.3) is 0 Å². The molecule has 1 nitrogen and oxygen atoms in total. The van der Waals surface area contributed by atoms with Crippen LogP contribution in [0.1, 0.15) is 64.7 Å². The van der Waals surface area contributed by atoms with Gasteiger partial charge in [-0.2, -0.15) is 0 Å². The number of thiophene rings is 1. The van der Waals surface area contributed by atoms with Crippen molar-refractivity contribution in [2.24, 2.45) is 16.7 Å². The van der Waals surface area contributed by atoms with E-state index in [1.54, 1.807) is 4.88 Å². The summed E-state index contributed by atoms with van der Waals surface area (Å²) in [6, 6.07) is 4.52. The van der Waals surface area contributed by atoms with Gasteiger partial charge in [-0.1, -0.05) is 33.8 Å². The normalized spacial score (nSPS) is 27.0. The van der Waals surface area contributed by atoms with Gasteiger partial charge in [-0.25, -0.2) is 0 Å². The van der Waals surface area contributed by atoms with Crippen LogP contribution in [0.25, 0.3) is 0 Å². The zero-order chi connectivity index (χ0) is 15.3. The predicted molar refractivity (Wildman–Crippen MR) is 95.0 cm³/mol. The zero-order valence-electron chi connectivity index (χ0n) is 14.4. The van der Waals surface area contributed by atoms with Gasteiger partial charge in [-0.05, 0) is 73.3 Å². The number of hydrogen-bond acceptors (Lipinski definition) is 2. The number of hydrogen-bond donors (Lipinski definition) is 1. The Morgan fingerprint density at radius 1 is 1.29 bits per heavy atom. The minimum absolute atomic E-state index is 0.478. The van der Waals surface area contributed by atoms with Crippen LogP contribution in [0.2, 0.25) is 0 Å². The summed E-state index contributed by atoms with van der Waals surface area (Å²) >= 11 is 1.93. The van der Waals surface area contributed by atoms with Gasteiger partial charge in [-0.3, -0.25) is 0 Å². The summed E-state index contributed by atoms with van der Waals surface area (Å²) in [5.41, 5.74) is 0.980. The highest BCUT2D eigenvalue weighted by Crippen LogP contribution is 2.47. The molecule has 1 saturated carbocycles. The molecule has 1 aliphatic carbocycles. The van der Waals surface area contributed by atoms with Crippen molar-refractivity contribution in [3.05, 3.63) is 22.4 Å². The average molecular weight is 308 g/mol. The second kappa shape index (κ2) is 7.28. The van der Waals surface area contributed by atoms with Crippen LogP contribution in [-0.4, -0.2) is 13.1 Å². The van der Waals surface area contributed by atoms with Crippen LogP contribution in [0.3, 0.4) is 0 Å². The van der Waals surface area contributed by atoms with Crippen molar-refractivity contribution in [1.82, 2.24) is 5.32 Å². The summed E-state index contributed by atoms with van der Waals surface area (Å²) in [6.07, 6.45) is 8.11. The molecule has 1 aromatic rings. The summed E-state index contributed by atoms with van der Waals surface area (Å²) in [7, 11) is 0. The fourth-order valence-corrected chi connectivity index (χ4v) is 4.70. The van der Waals surface area contributed by atoms with Crippen molar-refractivity contribution in [3.8, 4) is 0 Å². The first-order chi connectivity index (χ1) is 9.95. The highest BCUT2D eigenvalue weighted by Gasteiger charge is 2.38. The standard InChI is InChI=1S/C19H33NS/c1-5-12-20-15-19(14-17-7-6-13-21-17)10-8-16(9-11-19)18(2,3)4/h6-7,13,16,20H,5,8-12,14-15H2,1-4H3. The van der Waals surface area contributed by atoms with E-state index in [0.717, 1.165) is 12.5 Å². The smallest absolute Gasteiger partial charge is 0.00512 e. The summed E-state index contributed by atoms with van der Waals surface area (Å²) in [5, 5.41) is 5.94. The maximum atomic E-state index is 3.72. The van der Waals surface area contributed by atoms with E-state index >= 15 is 0 Å². The maximum Gasteiger partial charge on any atom is 0.00512 e. The van der Waals surface area contributed by atoms with Gasteiger partial charge in [0.1, 0.15) is 0 Å². The Labute approximate surface area is 135 Å². The molecular weight excluding hydrogens is 274 g/mol. The van der Waals surface area contributed by atoms with Gasteiger partial charge >= 0.3 is 0 Å². The highest BCUT2D eigenvalue weighted by molar-refractivity contribution is 7.09. The van der Waals surface area contributed by atoms with E-state index in [9.17, 15) is 0 Å². The van der Waals surface area contributed by atoms with Gasteiger partial charge in [0.05, 0.1) is 0 Å². The lowest BCUT2D eigenvalue weighted by molar-refractivity contribution is 0.0869. The first-order valence-electron chi connectivity index (χ1n) is 8.68. The molecule has 120 valence electrons. The Bertz CT molecular complexity index is 394. The molecule has 0 aromatic carbocycles. The molecule has 0 unspecified atom stereocenters. The maximum absolute atomic E-state index is 3.72. The molecule has 0 spiro atoms. The average Bonchev–Trinajstić information content (AvgIpc) is 2.91. The quantitative estimate of drug-likeness (QED) is 0.683. The van der Waals surface area contributed by atoms with Gasteiger partial charge in [0.2, 0.25) is 0 Å². The van der Waals surface area contributed by atoms with Crippen molar-refractivity contribution in [3.63, 3.8) is 0 Å².